The highest BCUT2D eigenvalue weighted by Crippen LogP contribution is 2.27. The fraction of sp³-hybridized carbons (Fsp3) is 0.222. The molecule has 0 saturated carbocycles. The second kappa shape index (κ2) is 5.52. The normalized spacial score (nSPS) is 10.9. The first-order valence-corrected chi connectivity index (χ1v) is 4.85. The number of nitrogens with zero attached hydrogens (tertiary/aromatic N) is 1. The molecule has 0 atom stereocenters. The Morgan fingerprint density at radius 2 is 2.05 bits per heavy atom. The molecule has 0 fully saturated rings. The minimum Gasteiger partial charge on any atom is -0.343 e. The van der Waals surface area contributed by atoms with Gasteiger partial charge in [0.1, 0.15) is 17.8 Å². The molecule has 0 aliphatic heterocycles. The number of nitro groups is 1. The number of amides is 1. The summed E-state index contributed by atoms with van der Waals surface area (Å²) in [5.74, 6) is 3.83. The number of nitrogen functional groups attached to an aromatic ring is 1. The van der Waals surface area contributed by atoms with Gasteiger partial charge in [0.25, 0.3) is 5.91 Å². The summed E-state index contributed by atoms with van der Waals surface area (Å²) in [6, 6.07) is 3.51. The lowest BCUT2D eigenvalue weighted by Gasteiger charge is -2.10. The number of hydrazine groups is 1. The smallest absolute Gasteiger partial charge is 0.343 e. The molecular formula is C9H9F3N4O3. The number of benzene rings is 1. The van der Waals surface area contributed by atoms with Gasteiger partial charge in [-0.15, -0.1) is 0 Å². The van der Waals surface area contributed by atoms with Crippen molar-refractivity contribution in [3.8, 4) is 0 Å². The fourth-order valence-corrected chi connectivity index (χ4v) is 1.32. The van der Waals surface area contributed by atoms with Gasteiger partial charge in [0.15, 0.2) is 0 Å². The molecule has 0 radical (unpaired) electrons. The van der Waals surface area contributed by atoms with Crippen LogP contribution in [0.1, 0.15) is 10.4 Å². The van der Waals surface area contributed by atoms with Crippen molar-refractivity contribution in [2.24, 2.45) is 5.84 Å². The average Bonchev–Trinajstić information content (AvgIpc) is 2.33. The van der Waals surface area contributed by atoms with Crippen LogP contribution in [-0.4, -0.2) is 23.6 Å². The Labute approximate surface area is 104 Å². The van der Waals surface area contributed by atoms with Gasteiger partial charge in [-0.05, 0) is 12.1 Å². The minimum absolute atomic E-state index is 0.176. The van der Waals surface area contributed by atoms with E-state index in [0.29, 0.717) is 0 Å². The first kappa shape index (κ1) is 14.7. The van der Waals surface area contributed by atoms with Gasteiger partial charge >= 0.3 is 11.9 Å². The predicted octanol–water partition coefficient (Wildman–Crippen LogP) is 1.17. The highest BCUT2D eigenvalue weighted by molar-refractivity contribution is 6.00. The van der Waals surface area contributed by atoms with Crippen LogP contribution in [-0.2, 0) is 0 Å². The number of para-hydroxylation sites is 1. The van der Waals surface area contributed by atoms with Crippen LogP contribution in [0.5, 0.6) is 0 Å². The zero-order valence-corrected chi connectivity index (χ0v) is 9.32. The lowest BCUT2D eigenvalue weighted by atomic mass is 10.1. The molecule has 0 bridgehead atoms. The molecular weight excluding hydrogens is 269 g/mol. The summed E-state index contributed by atoms with van der Waals surface area (Å²) in [4.78, 5) is 21.4. The molecule has 0 aliphatic rings. The van der Waals surface area contributed by atoms with Gasteiger partial charge in [0.05, 0.1) is 4.92 Å². The molecule has 4 N–H and O–H groups in total. The van der Waals surface area contributed by atoms with Gasteiger partial charge in [-0.3, -0.25) is 20.8 Å². The molecule has 0 saturated heterocycles. The molecule has 104 valence electrons. The molecule has 1 aromatic carbocycles. The summed E-state index contributed by atoms with van der Waals surface area (Å²) >= 11 is 0. The number of alkyl halides is 3. The number of halogens is 3. The number of rotatable bonds is 4. The number of anilines is 1. The van der Waals surface area contributed by atoms with E-state index in [4.69, 9.17) is 5.84 Å². The largest absolute Gasteiger partial charge is 0.405 e. The van der Waals surface area contributed by atoms with Crippen molar-refractivity contribution in [1.29, 1.82) is 0 Å². The molecule has 0 heterocycles. The number of carbonyl (C=O) groups excluding carboxylic acids is 1. The van der Waals surface area contributed by atoms with Crippen molar-refractivity contribution in [1.82, 2.24) is 5.32 Å². The quantitative estimate of drug-likeness (QED) is 0.435. The van der Waals surface area contributed by atoms with Crippen LogP contribution in [0.2, 0.25) is 0 Å². The second-order valence-corrected chi connectivity index (χ2v) is 3.40. The number of carbonyl (C=O) groups is 1. The Bertz CT molecular complexity index is 504. The number of hydrogen-bond donors (Lipinski definition) is 3. The molecule has 0 unspecified atom stereocenters. The van der Waals surface area contributed by atoms with Crippen molar-refractivity contribution in [2.75, 3.05) is 12.0 Å². The van der Waals surface area contributed by atoms with Gasteiger partial charge in [0.2, 0.25) is 0 Å². The molecule has 7 nitrogen and oxygen atoms in total. The number of hydrogen-bond acceptors (Lipinski definition) is 5. The first-order chi connectivity index (χ1) is 8.76. The van der Waals surface area contributed by atoms with Crippen LogP contribution in [0.25, 0.3) is 0 Å². The maximum atomic E-state index is 12.0. The zero-order chi connectivity index (χ0) is 14.6. The molecule has 1 amide bonds. The maximum absolute atomic E-state index is 12.0. The molecule has 0 aliphatic carbocycles. The summed E-state index contributed by atoms with van der Waals surface area (Å²) in [5, 5.41) is 12.4. The highest BCUT2D eigenvalue weighted by atomic mass is 19.4. The number of nitrogens with one attached hydrogen (secondary N) is 2. The van der Waals surface area contributed by atoms with Crippen LogP contribution in [0.4, 0.5) is 24.5 Å². The molecule has 1 rings (SSSR count). The van der Waals surface area contributed by atoms with Crippen LogP contribution in [0.3, 0.4) is 0 Å². The Hall–Kier alpha value is -2.36. The van der Waals surface area contributed by atoms with E-state index in [1.807, 2.05) is 5.43 Å². The van der Waals surface area contributed by atoms with Gasteiger partial charge in [-0.1, -0.05) is 6.07 Å². The van der Waals surface area contributed by atoms with Gasteiger partial charge in [-0.25, -0.2) is 0 Å². The van der Waals surface area contributed by atoms with Gasteiger partial charge in [0, 0.05) is 0 Å². The highest BCUT2D eigenvalue weighted by Gasteiger charge is 2.30. The Kier molecular flexibility index (Phi) is 4.27. The Balaban J connectivity index is 3.06. The fourth-order valence-electron chi connectivity index (χ4n) is 1.32. The lowest BCUT2D eigenvalue weighted by molar-refractivity contribution is -0.384. The topological polar surface area (TPSA) is 110 Å². The van der Waals surface area contributed by atoms with Crippen LogP contribution < -0.4 is 16.6 Å². The maximum Gasteiger partial charge on any atom is 0.405 e. The summed E-state index contributed by atoms with van der Waals surface area (Å²) in [7, 11) is 0. The standard InChI is InChI=1S/C9H9F3N4O3/c10-9(11,12)4-14-8(17)5-2-1-3-6(15-13)7(5)16(18)19/h1-3,15H,4,13H2,(H,14,17). The first-order valence-electron chi connectivity index (χ1n) is 4.85. The van der Waals surface area contributed by atoms with E-state index in [9.17, 15) is 28.1 Å². The predicted molar refractivity (Wildman–Crippen MR) is 59.3 cm³/mol. The third-order valence-electron chi connectivity index (χ3n) is 2.07. The molecule has 10 heteroatoms. The van der Waals surface area contributed by atoms with Gasteiger partial charge in [-0.2, -0.15) is 13.2 Å². The lowest BCUT2D eigenvalue weighted by Crippen LogP contribution is -2.34. The summed E-state index contributed by atoms with van der Waals surface area (Å²) in [6.07, 6.45) is -4.60. The van der Waals surface area contributed by atoms with Crippen molar-refractivity contribution in [3.63, 3.8) is 0 Å². The summed E-state index contributed by atoms with van der Waals surface area (Å²) in [5.41, 5.74) is 0.625. The molecule has 0 aromatic heterocycles. The second-order valence-electron chi connectivity index (χ2n) is 3.40. The van der Waals surface area contributed by atoms with Crippen LogP contribution in [0.15, 0.2) is 18.2 Å². The van der Waals surface area contributed by atoms with E-state index in [0.717, 1.165) is 6.07 Å². The van der Waals surface area contributed by atoms with E-state index < -0.39 is 34.8 Å². The number of nitrogens with two attached hydrogens (primary N) is 1. The molecule has 1 aromatic rings. The van der Waals surface area contributed by atoms with E-state index in [2.05, 4.69) is 0 Å². The van der Waals surface area contributed by atoms with Crippen molar-refractivity contribution in [3.05, 3.63) is 33.9 Å². The van der Waals surface area contributed by atoms with Crippen molar-refractivity contribution in [2.45, 2.75) is 6.18 Å². The van der Waals surface area contributed by atoms with Crippen LogP contribution >= 0.6 is 0 Å². The SMILES string of the molecule is NNc1cccc(C(=O)NCC(F)(F)F)c1[N+](=O)[O-]. The van der Waals surface area contributed by atoms with Gasteiger partial charge < -0.3 is 10.7 Å². The van der Waals surface area contributed by atoms with E-state index in [-0.39, 0.29) is 5.69 Å². The zero-order valence-electron chi connectivity index (χ0n) is 9.32. The monoisotopic (exact) mass is 278 g/mol. The van der Waals surface area contributed by atoms with E-state index in [1.165, 1.54) is 12.1 Å². The minimum atomic E-state index is -4.60. The number of nitro benzene ring substituents is 1. The third-order valence-corrected chi connectivity index (χ3v) is 2.07. The summed E-state index contributed by atoms with van der Waals surface area (Å²) < 4.78 is 35.9. The van der Waals surface area contributed by atoms with E-state index >= 15 is 0 Å². The average molecular weight is 278 g/mol. The Morgan fingerprint density at radius 3 is 2.53 bits per heavy atom. The summed E-state index contributed by atoms with van der Waals surface area (Å²) in [6.45, 7) is -1.58. The van der Waals surface area contributed by atoms with Crippen molar-refractivity contribution < 1.29 is 22.9 Å². The van der Waals surface area contributed by atoms with E-state index in [1.54, 1.807) is 5.32 Å². The Morgan fingerprint density at radius 1 is 1.42 bits per heavy atom. The molecule has 19 heavy (non-hydrogen) atoms. The third kappa shape index (κ3) is 3.81. The molecule has 0 spiro atoms. The van der Waals surface area contributed by atoms with Crippen molar-refractivity contribution >= 4 is 17.3 Å². The van der Waals surface area contributed by atoms with Crippen LogP contribution in [0, 0.1) is 10.1 Å².